The number of ether oxygens (including phenoxy) is 1. The van der Waals surface area contributed by atoms with Crippen LogP contribution < -0.4 is 10.5 Å². The van der Waals surface area contributed by atoms with Crippen LogP contribution in [0.1, 0.15) is 26.2 Å². The number of rotatable bonds is 3. The fourth-order valence-corrected chi connectivity index (χ4v) is 2.22. The molecule has 0 aromatic carbocycles. The van der Waals surface area contributed by atoms with Gasteiger partial charge in [-0.25, -0.2) is 9.78 Å². The third-order valence-corrected chi connectivity index (χ3v) is 3.02. The molecule has 1 aliphatic rings. The van der Waals surface area contributed by atoms with Crippen LogP contribution in [0, 0.1) is 0 Å². The predicted octanol–water partition coefficient (Wildman–Crippen LogP) is 0.692. The zero-order valence-corrected chi connectivity index (χ0v) is 10.4. The van der Waals surface area contributed by atoms with Crippen molar-refractivity contribution in [3.8, 4) is 0 Å². The number of carbonyl (C=O) groups excluding carboxylic acids is 1. The van der Waals surface area contributed by atoms with E-state index in [0.29, 0.717) is 25.4 Å². The van der Waals surface area contributed by atoms with Crippen molar-refractivity contribution in [3.63, 3.8) is 0 Å². The van der Waals surface area contributed by atoms with Crippen molar-refractivity contribution < 1.29 is 9.53 Å². The summed E-state index contributed by atoms with van der Waals surface area (Å²) in [5.41, 5.74) is -0.270. The van der Waals surface area contributed by atoms with E-state index in [1.165, 1.54) is 12.4 Å². The molecule has 1 aromatic rings. The molecule has 0 radical (unpaired) electrons. The summed E-state index contributed by atoms with van der Waals surface area (Å²) >= 11 is 0. The Labute approximate surface area is 105 Å². The number of piperidine rings is 1. The summed E-state index contributed by atoms with van der Waals surface area (Å²) < 4.78 is 5.05. The number of anilines is 1. The van der Waals surface area contributed by atoms with Crippen LogP contribution in [0.2, 0.25) is 0 Å². The molecule has 0 bridgehead atoms. The number of aromatic amines is 1. The van der Waals surface area contributed by atoms with Crippen molar-refractivity contribution in [2.75, 3.05) is 18.1 Å². The number of hydrogen-bond donors (Lipinski definition) is 1. The second-order valence-electron chi connectivity index (χ2n) is 4.20. The fourth-order valence-electron chi connectivity index (χ4n) is 2.22. The Hall–Kier alpha value is -1.85. The fraction of sp³-hybridized carbons (Fsp3) is 0.583. The SMILES string of the molecule is CCOC(=O)C1CCCCN1c1ncc[nH]c1=O. The first kappa shape index (κ1) is 12.6. The molecule has 1 fully saturated rings. The molecule has 2 heterocycles. The van der Waals surface area contributed by atoms with Crippen LogP contribution in [-0.2, 0) is 9.53 Å². The molecular weight excluding hydrogens is 234 g/mol. The van der Waals surface area contributed by atoms with E-state index < -0.39 is 6.04 Å². The number of aromatic nitrogens is 2. The number of nitrogens with one attached hydrogen (secondary N) is 1. The lowest BCUT2D eigenvalue weighted by molar-refractivity contribution is -0.145. The van der Waals surface area contributed by atoms with Crippen molar-refractivity contribution in [1.29, 1.82) is 0 Å². The molecule has 0 amide bonds. The van der Waals surface area contributed by atoms with Crippen LogP contribution >= 0.6 is 0 Å². The Bertz CT molecular complexity index is 472. The highest BCUT2D eigenvalue weighted by Crippen LogP contribution is 2.21. The summed E-state index contributed by atoms with van der Waals surface area (Å²) in [6.07, 6.45) is 5.62. The van der Waals surface area contributed by atoms with Gasteiger partial charge in [0.05, 0.1) is 6.61 Å². The first-order valence-corrected chi connectivity index (χ1v) is 6.21. The monoisotopic (exact) mass is 251 g/mol. The summed E-state index contributed by atoms with van der Waals surface area (Å²) in [6.45, 7) is 2.78. The quantitative estimate of drug-likeness (QED) is 0.800. The Morgan fingerprint density at radius 2 is 2.44 bits per heavy atom. The van der Waals surface area contributed by atoms with Gasteiger partial charge in [0.15, 0.2) is 5.82 Å². The van der Waals surface area contributed by atoms with Crippen molar-refractivity contribution in [3.05, 3.63) is 22.7 Å². The van der Waals surface area contributed by atoms with Crippen molar-refractivity contribution in [1.82, 2.24) is 9.97 Å². The molecule has 6 nitrogen and oxygen atoms in total. The molecule has 1 atom stereocenters. The van der Waals surface area contributed by atoms with Gasteiger partial charge in [-0.1, -0.05) is 0 Å². The minimum absolute atomic E-state index is 0.270. The Morgan fingerprint density at radius 3 is 3.17 bits per heavy atom. The highest BCUT2D eigenvalue weighted by Gasteiger charge is 2.31. The molecule has 2 rings (SSSR count). The van der Waals surface area contributed by atoms with Gasteiger partial charge in [0.2, 0.25) is 0 Å². The van der Waals surface area contributed by atoms with Gasteiger partial charge in [-0.2, -0.15) is 0 Å². The molecule has 0 spiro atoms. The molecule has 0 saturated carbocycles. The van der Waals surface area contributed by atoms with Crippen LogP contribution in [0.3, 0.4) is 0 Å². The maximum absolute atomic E-state index is 11.9. The first-order valence-electron chi connectivity index (χ1n) is 6.21. The lowest BCUT2D eigenvalue weighted by atomic mass is 10.0. The maximum atomic E-state index is 11.9. The van der Waals surface area contributed by atoms with Crippen LogP contribution in [0.5, 0.6) is 0 Å². The van der Waals surface area contributed by atoms with E-state index in [9.17, 15) is 9.59 Å². The van der Waals surface area contributed by atoms with E-state index in [-0.39, 0.29) is 11.5 Å². The molecule has 1 unspecified atom stereocenters. The van der Waals surface area contributed by atoms with Crippen LogP contribution in [0.15, 0.2) is 17.2 Å². The van der Waals surface area contributed by atoms with Gasteiger partial charge in [-0.3, -0.25) is 4.79 Å². The minimum Gasteiger partial charge on any atom is -0.464 e. The van der Waals surface area contributed by atoms with Gasteiger partial charge in [-0.15, -0.1) is 0 Å². The number of hydrogen-bond acceptors (Lipinski definition) is 5. The van der Waals surface area contributed by atoms with Crippen LogP contribution in [-0.4, -0.2) is 35.1 Å². The van der Waals surface area contributed by atoms with E-state index in [4.69, 9.17) is 4.74 Å². The normalized spacial score (nSPS) is 19.6. The Balaban J connectivity index is 2.26. The minimum atomic E-state index is -0.394. The van der Waals surface area contributed by atoms with Gasteiger partial charge in [0, 0.05) is 18.9 Å². The second kappa shape index (κ2) is 5.66. The standard InChI is InChI=1S/C12H17N3O3/c1-2-18-12(17)9-5-3-4-8-15(9)10-11(16)14-7-6-13-10/h6-7,9H,2-5,8H2,1H3,(H,14,16). The lowest BCUT2D eigenvalue weighted by Crippen LogP contribution is -2.48. The van der Waals surface area contributed by atoms with Crippen LogP contribution in [0.4, 0.5) is 5.82 Å². The van der Waals surface area contributed by atoms with E-state index in [1.807, 2.05) is 0 Å². The average Bonchev–Trinajstić information content (AvgIpc) is 2.40. The average molecular weight is 251 g/mol. The number of H-pyrrole nitrogens is 1. The summed E-state index contributed by atoms with van der Waals surface area (Å²) in [4.78, 5) is 32.0. The summed E-state index contributed by atoms with van der Waals surface area (Å²) in [6, 6.07) is -0.394. The molecule has 1 saturated heterocycles. The molecule has 1 N–H and O–H groups in total. The van der Waals surface area contributed by atoms with E-state index in [2.05, 4.69) is 9.97 Å². The molecule has 18 heavy (non-hydrogen) atoms. The molecule has 1 aliphatic heterocycles. The third kappa shape index (κ3) is 2.52. The largest absolute Gasteiger partial charge is 0.464 e. The molecule has 6 heteroatoms. The van der Waals surface area contributed by atoms with Gasteiger partial charge in [0.25, 0.3) is 5.56 Å². The zero-order chi connectivity index (χ0) is 13.0. The first-order chi connectivity index (χ1) is 8.74. The van der Waals surface area contributed by atoms with Gasteiger partial charge >= 0.3 is 5.97 Å². The van der Waals surface area contributed by atoms with E-state index in [1.54, 1.807) is 11.8 Å². The van der Waals surface area contributed by atoms with Crippen molar-refractivity contribution >= 4 is 11.8 Å². The van der Waals surface area contributed by atoms with Crippen LogP contribution in [0.25, 0.3) is 0 Å². The smallest absolute Gasteiger partial charge is 0.328 e. The molecule has 1 aromatic heterocycles. The summed E-state index contributed by atoms with van der Waals surface area (Å²) in [5.74, 6) is 0.0255. The highest BCUT2D eigenvalue weighted by atomic mass is 16.5. The third-order valence-electron chi connectivity index (χ3n) is 3.02. The predicted molar refractivity (Wildman–Crippen MR) is 66.5 cm³/mol. The number of esters is 1. The van der Waals surface area contributed by atoms with Crippen molar-refractivity contribution in [2.24, 2.45) is 0 Å². The Morgan fingerprint density at radius 1 is 1.61 bits per heavy atom. The second-order valence-corrected chi connectivity index (χ2v) is 4.20. The van der Waals surface area contributed by atoms with Gasteiger partial charge in [0.1, 0.15) is 6.04 Å². The lowest BCUT2D eigenvalue weighted by Gasteiger charge is -2.34. The summed E-state index contributed by atoms with van der Waals surface area (Å²) in [5, 5.41) is 0. The Kier molecular flexibility index (Phi) is 3.96. The van der Waals surface area contributed by atoms with Gasteiger partial charge < -0.3 is 14.6 Å². The zero-order valence-electron chi connectivity index (χ0n) is 10.4. The molecule has 0 aliphatic carbocycles. The number of carbonyl (C=O) groups is 1. The maximum Gasteiger partial charge on any atom is 0.328 e. The van der Waals surface area contributed by atoms with E-state index in [0.717, 1.165) is 12.8 Å². The van der Waals surface area contributed by atoms with E-state index >= 15 is 0 Å². The van der Waals surface area contributed by atoms with Crippen molar-refractivity contribution in [2.45, 2.75) is 32.2 Å². The topological polar surface area (TPSA) is 75.3 Å². The van der Waals surface area contributed by atoms with Gasteiger partial charge in [-0.05, 0) is 26.2 Å². The molecule has 98 valence electrons. The highest BCUT2D eigenvalue weighted by molar-refractivity contribution is 5.79. The molecular formula is C12H17N3O3. The summed E-state index contributed by atoms with van der Waals surface area (Å²) in [7, 11) is 0. The number of nitrogens with zero attached hydrogens (tertiary/aromatic N) is 2.